The van der Waals surface area contributed by atoms with Gasteiger partial charge in [-0.3, -0.25) is 14.4 Å². The Kier molecular flexibility index (Phi) is 8.98. The molecule has 154 valence electrons. The maximum atomic E-state index is 12.2. The second-order valence-electron chi connectivity index (χ2n) is 5.65. The zero-order valence-corrected chi connectivity index (χ0v) is 14.6. The highest BCUT2D eigenvalue weighted by molar-refractivity contribution is 6.36. The smallest absolute Gasteiger partial charge is 0.394 e. The molecule has 0 fully saturated rings. The lowest BCUT2D eigenvalue weighted by Crippen LogP contribution is -2.35. The number of hydrogen-bond donors (Lipinski definition) is 8. The molecule has 1 aromatic rings. The van der Waals surface area contributed by atoms with Gasteiger partial charge in [0.1, 0.15) is 0 Å². The van der Waals surface area contributed by atoms with Gasteiger partial charge < -0.3 is 41.5 Å². The zero-order valence-electron chi connectivity index (χ0n) is 14.6. The van der Waals surface area contributed by atoms with Gasteiger partial charge in [0.2, 0.25) is 0 Å². The van der Waals surface area contributed by atoms with Crippen molar-refractivity contribution in [1.82, 2.24) is 10.6 Å². The maximum absolute atomic E-state index is 12.2. The molecule has 12 nitrogen and oxygen atoms in total. The number of benzene rings is 1. The predicted molar refractivity (Wildman–Crippen MR) is 93.6 cm³/mol. The molecule has 1 rings (SSSR count). The van der Waals surface area contributed by atoms with E-state index in [2.05, 4.69) is 10.6 Å². The van der Waals surface area contributed by atoms with E-state index in [1.807, 2.05) is 5.32 Å². The quantitative estimate of drug-likeness (QED) is 0.197. The number of carboxylic acid groups (broad SMARTS) is 1. The van der Waals surface area contributed by atoms with E-state index in [1.54, 1.807) is 0 Å². The van der Waals surface area contributed by atoms with Crippen LogP contribution < -0.4 is 16.0 Å². The Morgan fingerprint density at radius 2 is 1.25 bits per heavy atom. The van der Waals surface area contributed by atoms with Gasteiger partial charge in [0.25, 0.3) is 11.8 Å². The van der Waals surface area contributed by atoms with Crippen LogP contribution in [0.25, 0.3) is 0 Å². The molecular formula is C16H21N3O9. The van der Waals surface area contributed by atoms with Crippen molar-refractivity contribution in [3.63, 3.8) is 0 Å². The van der Waals surface area contributed by atoms with Crippen LogP contribution in [0.1, 0.15) is 20.7 Å². The van der Waals surface area contributed by atoms with Gasteiger partial charge in [-0.05, 0) is 18.2 Å². The Morgan fingerprint density at radius 1 is 0.821 bits per heavy atom. The molecule has 28 heavy (non-hydrogen) atoms. The van der Waals surface area contributed by atoms with Crippen LogP contribution in [-0.4, -0.2) is 87.7 Å². The van der Waals surface area contributed by atoms with Crippen molar-refractivity contribution < 1.29 is 44.7 Å². The summed E-state index contributed by atoms with van der Waals surface area (Å²) in [7, 11) is 0. The summed E-state index contributed by atoms with van der Waals surface area (Å²) in [6, 6.07) is 3.36. The largest absolute Gasteiger partial charge is 0.474 e. The predicted octanol–water partition coefficient (Wildman–Crippen LogP) is -3.12. The Balaban J connectivity index is 3.09. The van der Waals surface area contributed by atoms with Crippen molar-refractivity contribution in [1.29, 1.82) is 0 Å². The second kappa shape index (κ2) is 10.9. The van der Waals surface area contributed by atoms with Gasteiger partial charge in [0, 0.05) is 29.9 Å². The van der Waals surface area contributed by atoms with E-state index in [1.165, 1.54) is 0 Å². The summed E-state index contributed by atoms with van der Waals surface area (Å²) in [5, 5.41) is 51.4. The lowest BCUT2D eigenvalue weighted by atomic mass is 10.1. The summed E-state index contributed by atoms with van der Waals surface area (Å²) in [6.07, 6.45) is -2.41. The molecule has 0 aromatic heterocycles. The average Bonchev–Trinajstić information content (AvgIpc) is 2.68. The van der Waals surface area contributed by atoms with Crippen molar-refractivity contribution >= 4 is 29.4 Å². The van der Waals surface area contributed by atoms with Crippen LogP contribution in [0.15, 0.2) is 18.2 Å². The Morgan fingerprint density at radius 3 is 1.61 bits per heavy atom. The van der Waals surface area contributed by atoms with E-state index in [9.17, 15) is 29.4 Å². The summed E-state index contributed by atoms with van der Waals surface area (Å²) >= 11 is 0. The van der Waals surface area contributed by atoms with E-state index >= 15 is 0 Å². The van der Waals surface area contributed by atoms with Crippen LogP contribution >= 0.6 is 0 Å². The number of amides is 3. The highest BCUT2D eigenvalue weighted by atomic mass is 16.4. The summed E-state index contributed by atoms with van der Waals surface area (Å²) in [5.41, 5.74) is -0.432. The van der Waals surface area contributed by atoms with Crippen molar-refractivity contribution in [2.45, 2.75) is 12.2 Å². The van der Waals surface area contributed by atoms with Gasteiger partial charge in [0.05, 0.1) is 25.4 Å². The summed E-state index contributed by atoms with van der Waals surface area (Å²) in [6.45, 7) is -1.75. The van der Waals surface area contributed by atoms with E-state index in [0.29, 0.717) is 0 Å². The van der Waals surface area contributed by atoms with E-state index in [4.69, 9.17) is 15.3 Å². The summed E-state index contributed by atoms with van der Waals surface area (Å²) in [4.78, 5) is 46.4. The van der Waals surface area contributed by atoms with Crippen LogP contribution in [0.2, 0.25) is 0 Å². The number of carbonyl (C=O) groups excluding carboxylic acids is 3. The first-order valence-corrected chi connectivity index (χ1v) is 8.01. The van der Waals surface area contributed by atoms with Crippen LogP contribution in [0.5, 0.6) is 0 Å². The van der Waals surface area contributed by atoms with Crippen LogP contribution in [0.4, 0.5) is 5.69 Å². The minimum Gasteiger partial charge on any atom is -0.474 e. The molecule has 0 bridgehead atoms. The molecule has 1 aromatic carbocycles. The van der Waals surface area contributed by atoms with E-state index in [0.717, 1.165) is 18.2 Å². The first-order valence-electron chi connectivity index (χ1n) is 8.01. The molecule has 12 heteroatoms. The molecule has 0 saturated carbocycles. The Hall–Kier alpha value is -3.06. The summed E-state index contributed by atoms with van der Waals surface area (Å²) in [5.74, 6) is -4.69. The van der Waals surface area contributed by atoms with Gasteiger partial charge >= 0.3 is 11.9 Å². The van der Waals surface area contributed by atoms with Gasteiger partial charge in [-0.15, -0.1) is 0 Å². The SMILES string of the molecule is O=C(O)C(=O)Nc1cc(C(=O)NCC(O)CO)cc(C(=O)NCC(O)CO)c1. The molecule has 2 atom stereocenters. The molecule has 0 heterocycles. The number of aliphatic hydroxyl groups excluding tert-OH is 4. The number of nitrogens with one attached hydrogen (secondary N) is 3. The molecule has 0 aliphatic rings. The lowest BCUT2D eigenvalue weighted by Gasteiger charge is -2.13. The number of hydrogen-bond acceptors (Lipinski definition) is 8. The summed E-state index contributed by atoms with van der Waals surface area (Å²) < 4.78 is 0. The lowest BCUT2D eigenvalue weighted by molar-refractivity contribution is -0.147. The number of carbonyl (C=O) groups is 4. The fraction of sp³-hybridized carbons (Fsp3) is 0.375. The Labute approximate surface area is 158 Å². The normalized spacial score (nSPS) is 12.6. The third kappa shape index (κ3) is 7.28. The number of aliphatic hydroxyl groups is 4. The van der Waals surface area contributed by atoms with Gasteiger partial charge in [-0.2, -0.15) is 0 Å². The second-order valence-corrected chi connectivity index (χ2v) is 5.65. The number of rotatable bonds is 9. The number of aliphatic carboxylic acids is 1. The Bertz CT molecular complexity index is 694. The fourth-order valence-electron chi connectivity index (χ4n) is 1.90. The minimum atomic E-state index is -1.78. The molecule has 0 radical (unpaired) electrons. The van der Waals surface area contributed by atoms with Crippen LogP contribution in [0, 0.1) is 0 Å². The van der Waals surface area contributed by atoms with Crippen molar-refractivity contribution in [3.05, 3.63) is 29.3 Å². The standard InChI is InChI=1S/C16H21N3O9/c20-6-11(22)4-17-13(24)8-1-9(14(25)18-5-12(23)7-21)3-10(2-8)19-15(26)16(27)28/h1-3,11-12,20-23H,4-7H2,(H,17,24)(H,18,25)(H,19,26)(H,27,28). The van der Waals surface area contributed by atoms with E-state index in [-0.39, 0.29) is 29.9 Å². The van der Waals surface area contributed by atoms with Gasteiger partial charge in [0.15, 0.2) is 0 Å². The molecule has 3 amide bonds. The minimum absolute atomic E-state index is 0.138. The molecular weight excluding hydrogens is 378 g/mol. The van der Waals surface area contributed by atoms with Crippen LogP contribution in [-0.2, 0) is 9.59 Å². The topological polar surface area (TPSA) is 206 Å². The van der Waals surface area contributed by atoms with Crippen LogP contribution in [0.3, 0.4) is 0 Å². The molecule has 0 aliphatic heterocycles. The highest BCUT2D eigenvalue weighted by Gasteiger charge is 2.17. The van der Waals surface area contributed by atoms with Crippen molar-refractivity contribution in [2.75, 3.05) is 31.6 Å². The zero-order chi connectivity index (χ0) is 21.3. The monoisotopic (exact) mass is 399 g/mol. The molecule has 0 aliphatic carbocycles. The molecule has 0 spiro atoms. The number of carboxylic acids is 1. The van der Waals surface area contributed by atoms with Crippen molar-refractivity contribution in [2.24, 2.45) is 0 Å². The molecule has 8 N–H and O–H groups in total. The number of anilines is 1. The average molecular weight is 399 g/mol. The maximum Gasteiger partial charge on any atom is 0.394 e. The van der Waals surface area contributed by atoms with Gasteiger partial charge in [-0.25, -0.2) is 4.79 Å². The highest BCUT2D eigenvalue weighted by Crippen LogP contribution is 2.16. The molecule has 0 saturated heterocycles. The van der Waals surface area contributed by atoms with E-state index < -0.39 is 49.1 Å². The first-order chi connectivity index (χ1) is 13.2. The van der Waals surface area contributed by atoms with Gasteiger partial charge in [-0.1, -0.05) is 0 Å². The third-order valence-corrected chi connectivity index (χ3v) is 3.33. The van der Waals surface area contributed by atoms with Crippen molar-refractivity contribution in [3.8, 4) is 0 Å². The molecule has 2 unspecified atom stereocenters. The first kappa shape index (κ1) is 23.0. The fourth-order valence-corrected chi connectivity index (χ4v) is 1.90. The third-order valence-electron chi connectivity index (χ3n) is 3.33.